The number of rotatable bonds is 5. The lowest BCUT2D eigenvalue weighted by molar-refractivity contribution is 0.400. The quantitative estimate of drug-likeness (QED) is 0.574. The van der Waals surface area contributed by atoms with Crippen LogP contribution in [0.25, 0.3) is 0 Å². The Morgan fingerprint density at radius 1 is 1.27 bits per heavy atom. The van der Waals surface area contributed by atoms with E-state index in [1.54, 1.807) is 0 Å². The molecule has 1 N–H and O–H groups in total. The molecular weight excluding hydrogens is 184 g/mol. The van der Waals surface area contributed by atoms with Crippen molar-refractivity contribution >= 4 is 0 Å². The highest BCUT2D eigenvalue weighted by atomic mass is 15.0. The van der Waals surface area contributed by atoms with Crippen LogP contribution in [0, 0.1) is 12.3 Å². The number of hydrogen-bond donors (Lipinski definition) is 1. The first-order valence-corrected chi connectivity index (χ1v) is 5.09. The van der Waals surface area contributed by atoms with Crippen molar-refractivity contribution in [1.82, 2.24) is 10.2 Å². The maximum Gasteiger partial charge on any atom is 0.0576 e. The zero-order valence-corrected chi connectivity index (χ0v) is 9.46. The molecule has 0 saturated carbocycles. The first-order valence-electron chi connectivity index (χ1n) is 5.09. The molecule has 15 heavy (non-hydrogen) atoms. The van der Waals surface area contributed by atoms with Gasteiger partial charge in [-0.3, -0.25) is 0 Å². The molecular formula is C13H18N2. The maximum atomic E-state index is 5.19. The molecule has 0 fully saturated rings. The van der Waals surface area contributed by atoms with Gasteiger partial charge in [-0.1, -0.05) is 30.2 Å². The predicted molar refractivity (Wildman–Crippen MR) is 64.4 cm³/mol. The Balaban J connectivity index is 2.65. The summed E-state index contributed by atoms with van der Waals surface area (Å²) in [5.74, 6) is 2.58. The molecule has 80 valence electrons. The highest BCUT2D eigenvalue weighted by molar-refractivity contribution is 5.27. The molecule has 0 unspecified atom stereocenters. The fraction of sp³-hybridized carbons (Fsp3) is 0.385. The van der Waals surface area contributed by atoms with Gasteiger partial charge in [0.05, 0.1) is 6.54 Å². The fourth-order valence-electron chi connectivity index (χ4n) is 1.49. The van der Waals surface area contributed by atoms with E-state index in [4.69, 9.17) is 6.42 Å². The van der Waals surface area contributed by atoms with Crippen LogP contribution < -0.4 is 5.32 Å². The van der Waals surface area contributed by atoms with Crippen molar-refractivity contribution in [3.8, 4) is 12.3 Å². The fourth-order valence-corrected chi connectivity index (χ4v) is 1.49. The Bertz CT molecular complexity index is 337. The van der Waals surface area contributed by atoms with Crippen molar-refractivity contribution in [3.05, 3.63) is 35.4 Å². The van der Waals surface area contributed by atoms with Gasteiger partial charge in [-0.05, 0) is 25.2 Å². The number of hydrogen-bond acceptors (Lipinski definition) is 2. The predicted octanol–water partition coefficient (Wildman–Crippen LogP) is 1.47. The van der Waals surface area contributed by atoms with Gasteiger partial charge in [0, 0.05) is 13.1 Å². The molecule has 1 aromatic rings. The molecule has 2 nitrogen and oxygen atoms in total. The van der Waals surface area contributed by atoms with Gasteiger partial charge in [0.2, 0.25) is 0 Å². The van der Waals surface area contributed by atoms with Crippen LogP contribution in [-0.2, 0) is 13.1 Å². The van der Waals surface area contributed by atoms with Gasteiger partial charge in [-0.25, -0.2) is 0 Å². The van der Waals surface area contributed by atoms with Gasteiger partial charge < -0.3 is 10.2 Å². The summed E-state index contributed by atoms with van der Waals surface area (Å²) in [6.07, 6.45) is 5.19. The average molecular weight is 202 g/mol. The summed E-state index contributed by atoms with van der Waals surface area (Å²) in [5, 5.41) is 3.21. The molecule has 0 amide bonds. The van der Waals surface area contributed by atoms with Crippen molar-refractivity contribution < 1.29 is 0 Å². The van der Waals surface area contributed by atoms with E-state index in [-0.39, 0.29) is 0 Å². The van der Waals surface area contributed by atoms with Crippen LogP contribution in [0.5, 0.6) is 0 Å². The third-order valence-electron chi connectivity index (χ3n) is 2.15. The minimum atomic E-state index is 0.621. The van der Waals surface area contributed by atoms with Crippen molar-refractivity contribution in [3.63, 3.8) is 0 Å². The first kappa shape index (κ1) is 11.8. The van der Waals surface area contributed by atoms with Crippen molar-refractivity contribution in [2.75, 3.05) is 20.6 Å². The molecule has 0 radical (unpaired) electrons. The minimum absolute atomic E-state index is 0.621. The van der Waals surface area contributed by atoms with E-state index in [0.29, 0.717) is 6.54 Å². The van der Waals surface area contributed by atoms with Crippen LogP contribution in [0.2, 0.25) is 0 Å². The van der Waals surface area contributed by atoms with Crippen molar-refractivity contribution in [2.24, 2.45) is 0 Å². The van der Waals surface area contributed by atoms with Crippen LogP contribution in [0.3, 0.4) is 0 Å². The van der Waals surface area contributed by atoms with Gasteiger partial charge in [0.1, 0.15) is 0 Å². The highest BCUT2D eigenvalue weighted by Gasteiger charge is 2.01. The Hall–Kier alpha value is -1.30. The van der Waals surface area contributed by atoms with E-state index < -0.39 is 0 Å². The molecule has 1 aromatic carbocycles. The number of terminal acetylenes is 1. The Labute approximate surface area is 92.3 Å². The molecule has 0 aromatic heterocycles. The second-order valence-electron chi connectivity index (χ2n) is 3.81. The topological polar surface area (TPSA) is 15.3 Å². The van der Waals surface area contributed by atoms with E-state index in [2.05, 4.69) is 54.5 Å². The van der Waals surface area contributed by atoms with Crippen LogP contribution in [0.1, 0.15) is 11.1 Å². The zero-order chi connectivity index (χ0) is 11.1. The molecule has 0 spiro atoms. The SMILES string of the molecule is C#CCNCc1ccccc1CN(C)C. The Morgan fingerprint density at radius 3 is 2.53 bits per heavy atom. The molecule has 0 aliphatic rings. The monoisotopic (exact) mass is 202 g/mol. The summed E-state index contributed by atoms with van der Waals surface area (Å²) in [6.45, 7) is 2.43. The van der Waals surface area contributed by atoms with Gasteiger partial charge >= 0.3 is 0 Å². The zero-order valence-electron chi connectivity index (χ0n) is 9.46. The van der Waals surface area contributed by atoms with Gasteiger partial charge in [0.15, 0.2) is 0 Å². The molecule has 0 aliphatic carbocycles. The number of nitrogens with one attached hydrogen (secondary N) is 1. The van der Waals surface area contributed by atoms with Gasteiger partial charge in [-0.15, -0.1) is 6.42 Å². The van der Waals surface area contributed by atoms with E-state index in [1.807, 2.05) is 0 Å². The normalized spacial score (nSPS) is 10.3. The second-order valence-corrected chi connectivity index (χ2v) is 3.81. The third-order valence-corrected chi connectivity index (χ3v) is 2.15. The lowest BCUT2D eigenvalue weighted by Gasteiger charge is -2.14. The number of benzene rings is 1. The molecule has 2 heteroatoms. The van der Waals surface area contributed by atoms with Gasteiger partial charge in [0.25, 0.3) is 0 Å². The molecule has 0 bridgehead atoms. The third kappa shape index (κ3) is 4.16. The molecule has 0 atom stereocenters. The van der Waals surface area contributed by atoms with Crippen LogP contribution in [-0.4, -0.2) is 25.5 Å². The summed E-state index contributed by atoms with van der Waals surface area (Å²) in [6, 6.07) is 8.44. The molecule has 0 aliphatic heterocycles. The largest absolute Gasteiger partial charge is 0.305 e. The summed E-state index contributed by atoms with van der Waals surface area (Å²) in [7, 11) is 4.15. The lowest BCUT2D eigenvalue weighted by Crippen LogP contribution is -2.17. The van der Waals surface area contributed by atoms with Gasteiger partial charge in [-0.2, -0.15) is 0 Å². The van der Waals surface area contributed by atoms with Crippen molar-refractivity contribution in [2.45, 2.75) is 13.1 Å². The maximum absolute atomic E-state index is 5.19. The van der Waals surface area contributed by atoms with Crippen LogP contribution in [0.15, 0.2) is 24.3 Å². The first-order chi connectivity index (χ1) is 7.24. The molecule has 1 rings (SSSR count). The van der Waals surface area contributed by atoms with E-state index >= 15 is 0 Å². The summed E-state index contributed by atoms with van der Waals surface area (Å²) in [4.78, 5) is 2.17. The summed E-state index contributed by atoms with van der Waals surface area (Å²) < 4.78 is 0. The Morgan fingerprint density at radius 2 is 1.93 bits per heavy atom. The second kappa shape index (κ2) is 6.23. The highest BCUT2D eigenvalue weighted by Crippen LogP contribution is 2.09. The lowest BCUT2D eigenvalue weighted by atomic mass is 10.1. The summed E-state index contributed by atoms with van der Waals surface area (Å²) >= 11 is 0. The smallest absolute Gasteiger partial charge is 0.0576 e. The average Bonchev–Trinajstić information content (AvgIpc) is 2.20. The standard InChI is InChI=1S/C13H18N2/c1-4-9-14-10-12-7-5-6-8-13(12)11-15(2)3/h1,5-8,14H,9-11H2,2-3H3. The minimum Gasteiger partial charge on any atom is -0.305 e. The van der Waals surface area contributed by atoms with Crippen LogP contribution >= 0.6 is 0 Å². The van der Waals surface area contributed by atoms with E-state index in [0.717, 1.165) is 13.1 Å². The molecule has 0 saturated heterocycles. The van der Waals surface area contributed by atoms with Crippen LogP contribution in [0.4, 0.5) is 0 Å². The Kier molecular flexibility index (Phi) is 4.89. The number of nitrogens with zero attached hydrogens (tertiary/aromatic N) is 1. The van der Waals surface area contributed by atoms with Crippen molar-refractivity contribution in [1.29, 1.82) is 0 Å². The van der Waals surface area contributed by atoms with E-state index in [9.17, 15) is 0 Å². The van der Waals surface area contributed by atoms with E-state index in [1.165, 1.54) is 11.1 Å². The molecule has 0 heterocycles. The summed E-state index contributed by atoms with van der Waals surface area (Å²) in [5.41, 5.74) is 2.67.